The third-order valence-electron chi connectivity index (χ3n) is 2.23. The summed E-state index contributed by atoms with van der Waals surface area (Å²) in [6, 6.07) is 9.08. The SMILES string of the molecule is CCCCC/C=N/NC(=O)c1ccccc1. The summed E-state index contributed by atoms with van der Waals surface area (Å²) in [5.41, 5.74) is 3.14. The van der Waals surface area contributed by atoms with Crippen molar-refractivity contribution < 1.29 is 4.79 Å². The molecule has 0 saturated heterocycles. The summed E-state index contributed by atoms with van der Waals surface area (Å²) in [6.07, 6.45) is 6.21. The van der Waals surface area contributed by atoms with Gasteiger partial charge < -0.3 is 0 Å². The lowest BCUT2D eigenvalue weighted by Gasteiger charge is -1.98. The second kappa shape index (κ2) is 7.63. The fourth-order valence-corrected chi connectivity index (χ4v) is 1.31. The van der Waals surface area contributed by atoms with E-state index in [0.717, 1.165) is 12.8 Å². The highest BCUT2D eigenvalue weighted by Gasteiger charge is 2.00. The monoisotopic (exact) mass is 218 g/mol. The fourth-order valence-electron chi connectivity index (χ4n) is 1.31. The van der Waals surface area contributed by atoms with Crippen LogP contribution in [0, 0.1) is 0 Å². The molecule has 1 rings (SSSR count). The van der Waals surface area contributed by atoms with Crippen LogP contribution in [0.5, 0.6) is 0 Å². The molecule has 1 amide bonds. The number of hydrogen-bond acceptors (Lipinski definition) is 2. The number of nitrogens with one attached hydrogen (secondary N) is 1. The van der Waals surface area contributed by atoms with E-state index in [2.05, 4.69) is 17.5 Å². The van der Waals surface area contributed by atoms with Gasteiger partial charge in [0.05, 0.1) is 0 Å². The molecule has 0 aliphatic heterocycles. The van der Waals surface area contributed by atoms with E-state index in [1.807, 2.05) is 18.2 Å². The molecule has 1 N–H and O–H groups in total. The fraction of sp³-hybridized carbons (Fsp3) is 0.385. The molecular formula is C13H18N2O. The minimum Gasteiger partial charge on any atom is -0.267 e. The summed E-state index contributed by atoms with van der Waals surface area (Å²) in [4.78, 5) is 11.5. The lowest BCUT2D eigenvalue weighted by Crippen LogP contribution is -2.17. The van der Waals surface area contributed by atoms with Gasteiger partial charge in [-0.3, -0.25) is 4.79 Å². The summed E-state index contributed by atoms with van der Waals surface area (Å²) < 4.78 is 0. The molecule has 0 radical (unpaired) electrons. The number of amides is 1. The van der Waals surface area contributed by atoms with Crippen LogP contribution in [0.4, 0.5) is 0 Å². The van der Waals surface area contributed by atoms with Gasteiger partial charge in [0.2, 0.25) is 0 Å². The smallest absolute Gasteiger partial charge is 0.267 e. The van der Waals surface area contributed by atoms with Gasteiger partial charge in [-0.15, -0.1) is 0 Å². The van der Waals surface area contributed by atoms with Gasteiger partial charge in [-0.2, -0.15) is 5.10 Å². The van der Waals surface area contributed by atoms with Gasteiger partial charge in [0.25, 0.3) is 5.91 Å². The average Bonchev–Trinajstić information content (AvgIpc) is 2.34. The molecule has 0 saturated carbocycles. The van der Waals surface area contributed by atoms with E-state index in [0.29, 0.717) is 5.56 Å². The summed E-state index contributed by atoms with van der Waals surface area (Å²) in [6.45, 7) is 2.16. The quantitative estimate of drug-likeness (QED) is 0.445. The maximum Gasteiger partial charge on any atom is 0.271 e. The van der Waals surface area contributed by atoms with Crippen LogP contribution in [0.25, 0.3) is 0 Å². The predicted molar refractivity (Wildman–Crippen MR) is 66.5 cm³/mol. The molecule has 16 heavy (non-hydrogen) atoms. The number of rotatable bonds is 6. The Hall–Kier alpha value is -1.64. The minimum atomic E-state index is -0.160. The van der Waals surface area contributed by atoms with Crippen molar-refractivity contribution in [2.75, 3.05) is 0 Å². The van der Waals surface area contributed by atoms with Gasteiger partial charge in [0.15, 0.2) is 0 Å². The zero-order chi connectivity index (χ0) is 11.6. The number of hydrazone groups is 1. The maximum atomic E-state index is 11.5. The third-order valence-corrected chi connectivity index (χ3v) is 2.23. The summed E-state index contributed by atoms with van der Waals surface area (Å²) in [7, 11) is 0. The highest BCUT2D eigenvalue weighted by Crippen LogP contribution is 1.98. The summed E-state index contributed by atoms with van der Waals surface area (Å²) >= 11 is 0. The molecule has 0 unspecified atom stereocenters. The van der Waals surface area contributed by atoms with Gasteiger partial charge in [-0.1, -0.05) is 38.0 Å². The highest BCUT2D eigenvalue weighted by atomic mass is 16.2. The first-order chi connectivity index (χ1) is 7.84. The Morgan fingerprint density at radius 1 is 1.31 bits per heavy atom. The molecule has 0 aliphatic rings. The largest absolute Gasteiger partial charge is 0.271 e. The zero-order valence-electron chi connectivity index (χ0n) is 9.65. The first-order valence-corrected chi connectivity index (χ1v) is 5.71. The molecule has 1 aromatic carbocycles. The molecular weight excluding hydrogens is 200 g/mol. The second-order valence-electron chi connectivity index (χ2n) is 3.61. The van der Waals surface area contributed by atoms with E-state index >= 15 is 0 Å². The number of unbranched alkanes of at least 4 members (excludes halogenated alkanes) is 3. The number of carbonyl (C=O) groups excluding carboxylic acids is 1. The van der Waals surface area contributed by atoms with Crippen LogP contribution >= 0.6 is 0 Å². The Bertz CT molecular complexity index is 333. The number of nitrogens with zero attached hydrogens (tertiary/aromatic N) is 1. The highest BCUT2D eigenvalue weighted by molar-refractivity contribution is 5.94. The van der Waals surface area contributed by atoms with Crippen molar-refractivity contribution in [1.82, 2.24) is 5.43 Å². The first kappa shape index (κ1) is 12.4. The summed E-state index contributed by atoms with van der Waals surface area (Å²) in [5.74, 6) is -0.160. The lowest BCUT2D eigenvalue weighted by molar-refractivity contribution is 0.0955. The van der Waals surface area contributed by atoms with Crippen LogP contribution in [-0.2, 0) is 0 Å². The molecule has 0 heterocycles. The first-order valence-electron chi connectivity index (χ1n) is 5.71. The van der Waals surface area contributed by atoms with Crippen molar-refractivity contribution in [3.63, 3.8) is 0 Å². The van der Waals surface area contributed by atoms with Gasteiger partial charge in [-0.05, 0) is 25.0 Å². The van der Waals surface area contributed by atoms with Gasteiger partial charge in [0.1, 0.15) is 0 Å². The van der Waals surface area contributed by atoms with E-state index in [1.165, 1.54) is 12.8 Å². The van der Waals surface area contributed by atoms with Crippen molar-refractivity contribution in [3.8, 4) is 0 Å². The molecule has 1 aromatic rings. The Morgan fingerprint density at radius 2 is 2.06 bits per heavy atom. The van der Waals surface area contributed by atoms with E-state index in [-0.39, 0.29) is 5.91 Å². The van der Waals surface area contributed by atoms with Crippen molar-refractivity contribution in [1.29, 1.82) is 0 Å². The molecule has 0 fully saturated rings. The second-order valence-corrected chi connectivity index (χ2v) is 3.61. The standard InChI is InChI=1S/C13H18N2O/c1-2-3-4-8-11-14-15-13(16)12-9-6-5-7-10-12/h5-7,9-11H,2-4,8H2,1H3,(H,15,16)/b14-11+. The predicted octanol–water partition coefficient (Wildman–Crippen LogP) is 2.98. The molecule has 3 nitrogen and oxygen atoms in total. The average molecular weight is 218 g/mol. The van der Waals surface area contributed by atoms with Gasteiger partial charge in [-0.25, -0.2) is 5.43 Å². The van der Waals surface area contributed by atoms with Crippen LogP contribution < -0.4 is 5.43 Å². The van der Waals surface area contributed by atoms with Crippen molar-refractivity contribution >= 4 is 12.1 Å². The van der Waals surface area contributed by atoms with Crippen molar-refractivity contribution in [2.45, 2.75) is 32.6 Å². The van der Waals surface area contributed by atoms with E-state index in [9.17, 15) is 4.79 Å². The normalized spacial score (nSPS) is 10.6. The molecule has 0 bridgehead atoms. The Kier molecular flexibility index (Phi) is 5.92. The Morgan fingerprint density at radius 3 is 2.75 bits per heavy atom. The van der Waals surface area contributed by atoms with Crippen molar-refractivity contribution in [2.24, 2.45) is 5.10 Å². The minimum absolute atomic E-state index is 0.160. The molecule has 0 spiro atoms. The molecule has 3 heteroatoms. The van der Waals surface area contributed by atoms with E-state index in [4.69, 9.17) is 0 Å². The number of benzene rings is 1. The van der Waals surface area contributed by atoms with E-state index in [1.54, 1.807) is 18.3 Å². The molecule has 86 valence electrons. The molecule has 0 aliphatic carbocycles. The van der Waals surface area contributed by atoms with Crippen molar-refractivity contribution in [3.05, 3.63) is 35.9 Å². The maximum absolute atomic E-state index is 11.5. The van der Waals surface area contributed by atoms with Gasteiger partial charge in [0, 0.05) is 11.8 Å². The topological polar surface area (TPSA) is 41.5 Å². The van der Waals surface area contributed by atoms with Crippen LogP contribution in [-0.4, -0.2) is 12.1 Å². The Balaban J connectivity index is 2.25. The molecule has 0 aromatic heterocycles. The van der Waals surface area contributed by atoms with Crippen LogP contribution in [0.15, 0.2) is 35.4 Å². The Labute approximate surface area is 96.6 Å². The van der Waals surface area contributed by atoms with E-state index < -0.39 is 0 Å². The van der Waals surface area contributed by atoms with Gasteiger partial charge >= 0.3 is 0 Å². The van der Waals surface area contributed by atoms with Crippen LogP contribution in [0.3, 0.4) is 0 Å². The molecule has 0 atom stereocenters. The van der Waals surface area contributed by atoms with Crippen LogP contribution in [0.2, 0.25) is 0 Å². The lowest BCUT2D eigenvalue weighted by atomic mass is 10.2. The zero-order valence-corrected chi connectivity index (χ0v) is 9.65. The number of carbonyl (C=O) groups is 1. The van der Waals surface area contributed by atoms with Crippen LogP contribution in [0.1, 0.15) is 43.0 Å². The number of hydrogen-bond donors (Lipinski definition) is 1. The third kappa shape index (κ3) is 4.73. The summed E-state index contributed by atoms with van der Waals surface area (Å²) in [5, 5.41) is 3.89.